The summed E-state index contributed by atoms with van der Waals surface area (Å²) in [7, 11) is 5.04. The van der Waals surface area contributed by atoms with Crippen LogP contribution in [-0.2, 0) is 10.2 Å². The second-order valence-electron chi connectivity index (χ2n) is 5.28. The third-order valence-electron chi connectivity index (χ3n) is 4.12. The van der Waals surface area contributed by atoms with Gasteiger partial charge in [0.1, 0.15) is 5.76 Å². The molecule has 0 radical (unpaired) electrons. The Bertz CT molecular complexity index is 584. The van der Waals surface area contributed by atoms with Crippen LogP contribution in [0.1, 0.15) is 25.0 Å². The fourth-order valence-corrected chi connectivity index (χ4v) is 2.75. The summed E-state index contributed by atoms with van der Waals surface area (Å²) in [5, 5.41) is 0. The summed E-state index contributed by atoms with van der Waals surface area (Å²) in [4.78, 5) is 0. The van der Waals surface area contributed by atoms with Crippen molar-refractivity contribution in [2.75, 3.05) is 21.3 Å². The summed E-state index contributed by atoms with van der Waals surface area (Å²) in [6.45, 7) is 6.32. The Morgan fingerprint density at radius 2 is 1.65 bits per heavy atom. The van der Waals surface area contributed by atoms with Gasteiger partial charge in [0.05, 0.1) is 21.3 Å². The molecule has 0 saturated carbocycles. The summed E-state index contributed by atoms with van der Waals surface area (Å²) < 4.78 is 16.5. The summed E-state index contributed by atoms with van der Waals surface area (Å²) in [5.74, 6) is 2.45. The van der Waals surface area contributed by atoms with Gasteiger partial charge in [-0.2, -0.15) is 0 Å². The van der Waals surface area contributed by atoms with E-state index in [2.05, 4.69) is 32.9 Å². The molecule has 1 atom stereocenters. The maximum Gasteiger partial charge on any atom is 0.165 e. The molecule has 1 aromatic rings. The van der Waals surface area contributed by atoms with Gasteiger partial charge in [-0.05, 0) is 44.1 Å². The third kappa shape index (κ3) is 2.07. The molecule has 3 heteroatoms. The highest BCUT2D eigenvalue weighted by molar-refractivity contribution is 5.59. The molecular formula is C17H22O3. The largest absolute Gasteiger partial charge is 0.497 e. The zero-order valence-corrected chi connectivity index (χ0v) is 13.0. The van der Waals surface area contributed by atoms with Gasteiger partial charge in [0.25, 0.3) is 0 Å². The molecule has 2 rings (SSSR count). The molecule has 0 heterocycles. The lowest BCUT2D eigenvalue weighted by molar-refractivity contribution is 0.301. The molecule has 0 aromatic heterocycles. The number of ether oxygens (including phenoxy) is 3. The molecular weight excluding hydrogens is 252 g/mol. The predicted octanol–water partition coefficient (Wildman–Crippen LogP) is 3.76. The van der Waals surface area contributed by atoms with Crippen LogP contribution < -0.4 is 9.47 Å². The smallest absolute Gasteiger partial charge is 0.165 e. The molecule has 0 fully saturated rings. The summed E-state index contributed by atoms with van der Waals surface area (Å²) >= 11 is 0. The van der Waals surface area contributed by atoms with Crippen molar-refractivity contribution < 1.29 is 14.2 Å². The van der Waals surface area contributed by atoms with Crippen molar-refractivity contribution in [1.82, 2.24) is 0 Å². The van der Waals surface area contributed by atoms with Crippen molar-refractivity contribution in [3.8, 4) is 11.5 Å². The quantitative estimate of drug-likeness (QED) is 0.836. The van der Waals surface area contributed by atoms with E-state index in [1.54, 1.807) is 21.3 Å². The van der Waals surface area contributed by atoms with Crippen LogP contribution in [-0.4, -0.2) is 21.3 Å². The second-order valence-corrected chi connectivity index (χ2v) is 5.28. The van der Waals surface area contributed by atoms with E-state index in [1.807, 2.05) is 12.1 Å². The first-order valence-electron chi connectivity index (χ1n) is 6.65. The molecule has 20 heavy (non-hydrogen) atoms. The van der Waals surface area contributed by atoms with Crippen LogP contribution in [0.25, 0.3) is 0 Å². The van der Waals surface area contributed by atoms with E-state index in [0.717, 1.165) is 28.4 Å². The first-order valence-corrected chi connectivity index (χ1v) is 6.65. The minimum Gasteiger partial charge on any atom is -0.497 e. The standard InChI is InChI=1S/C17H22O3/c1-11-9-13(16(20-6)15(10-11)19-5)17(3)8-7-14(18-4)12(17)2/h7-10H,1-6H3/t17-/m0/s1. The Morgan fingerprint density at radius 1 is 0.950 bits per heavy atom. The number of allylic oxidation sites excluding steroid dienone is 3. The fourth-order valence-electron chi connectivity index (χ4n) is 2.75. The van der Waals surface area contributed by atoms with Gasteiger partial charge < -0.3 is 14.2 Å². The maximum absolute atomic E-state index is 5.59. The molecule has 1 aliphatic carbocycles. The van der Waals surface area contributed by atoms with E-state index in [0.29, 0.717) is 0 Å². The highest BCUT2D eigenvalue weighted by Crippen LogP contribution is 2.47. The average Bonchev–Trinajstić information content (AvgIpc) is 2.74. The summed E-state index contributed by atoms with van der Waals surface area (Å²) in [5.41, 5.74) is 3.17. The van der Waals surface area contributed by atoms with Crippen LogP contribution >= 0.6 is 0 Å². The maximum atomic E-state index is 5.59. The summed E-state index contributed by atoms with van der Waals surface area (Å²) in [6.07, 6.45) is 4.17. The highest BCUT2D eigenvalue weighted by Gasteiger charge is 2.36. The number of hydrogen-bond acceptors (Lipinski definition) is 3. The molecule has 0 amide bonds. The normalized spacial score (nSPS) is 21.3. The minimum atomic E-state index is -0.240. The van der Waals surface area contributed by atoms with Crippen molar-refractivity contribution in [2.24, 2.45) is 0 Å². The molecule has 3 nitrogen and oxygen atoms in total. The molecule has 108 valence electrons. The van der Waals surface area contributed by atoms with Gasteiger partial charge in [0.15, 0.2) is 11.5 Å². The predicted molar refractivity (Wildman–Crippen MR) is 80.5 cm³/mol. The number of hydrogen-bond donors (Lipinski definition) is 0. The van der Waals surface area contributed by atoms with Crippen LogP contribution in [0.3, 0.4) is 0 Å². The molecule has 0 saturated heterocycles. The molecule has 0 unspecified atom stereocenters. The van der Waals surface area contributed by atoms with E-state index in [-0.39, 0.29) is 5.41 Å². The van der Waals surface area contributed by atoms with E-state index < -0.39 is 0 Å². The monoisotopic (exact) mass is 274 g/mol. The van der Waals surface area contributed by atoms with Gasteiger partial charge in [-0.1, -0.05) is 12.1 Å². The topological polar surface area (TPSA) is 27.7 Å². The molecule has 0 bridgehead atoms. The van der Waals surface area contributed by atoms with Gasteiger partial charge in [0, 0.05) is 11.0 Å². The van der Waals surface area contributed by atoms with Crippen molar-refractivity contribution >= 4 is 0 Å². The summed E-state index contributed by atoms with van der Waals surface area (Å²) in [6, 6.07) is 4.13. The van der Waals surface area contributed by atoms with Crippen LogP contribution in [0.4, 0.5) is 0 Å². The van der Waals surface area contributed by atoms with Crippen LogP contribution in [0.5, 0.6) is 11.5 Å². The van der Waals surface area contributed by atoms with Gasteiger partial charge in [-0.15, -0.1) is 0 Å². The zero-order valence-electron chi connectivity index (χ0n) is 13.0. The highest BCUT2D eigenvalue weighted by atomic mass is 16.5. The molecule has 1 aromatic carbocycles. The Kier molecular flexibility index (Phi) is 3.80. The number of aryl methyl sites for hydroxylation is 1. The average molecular weight is 274 g/mol. The SMILES string of the molecule is COC1=C(C)[C@@](C)(c2cc(C)cc(OC)c2OC)C=C1. The van der Waals surface area contributed by atoms with E-state index in [9.17, 15) is 0 Å². The van der Waals surface area contributed by atoms with Gasteiger partial charge in [0.2, 0.25) is 0 Å². The first-order chi connectivity index (χ1) is 9.47. The van der Waals surface area contributed by atoms with Gasteiger partial charge in [-0.3, -0.25) is 0 Å². The van der Waals surface area contributed by atoms with Crippen molar-refractivity contribution in [1.29, 1.82) is 0 Å². The van der Waals surface area contributed by atoms with Crippen molar-refractivity contribution in [3.63, 3.8) is 0 Å². The fraction of sp³-hybridized carbons (Fsp3) is 0.412. The lowest BCUT2D eigenvalue weighted by Crippen LogP contribution is -2.20. The lowest BCUT2D eigenvalue weighted by atomic mass is 9.77. The van der Waals surface area contributed by atoms with Crippen LogP contribution in [0.2, 0.25) is 0 Å². The molecule has 0 aliphatic heterocycles. The number of methoxy groups -OCH3 is 3. The lowest BCUT2D eigenvalue weighted by Gasteiger charge is -2.28. The van der Waals surface area contributed by atoms with Crippen molar-refractivity contribution in [3.05, 3.63) is 46.7 Å². The second kappa shape index (κ2) is 5.23. The molecule has 0 spiro atoms. The van der Waals surface area contributed by atoms with Crippen molar-refractivity contribution in [2.45, 2.75) is 26.2 Å². The van der Waals surface area contributed by atoms with E-state index in [4.69, 9.17) is 14.2 Å². The molecule has 1 aliphatic rings. The van der Waals surface area contributed by atoms with E-state index >= 15 is 0 Å². The minimum absolute atomic E-state index is 0.240. The Hall–Kier alpha value is -1.90. The Labute approximate surface area is 120 Å². The van der Waals surface area contributed by atoms with E-state index in [1.165, 1.54) is 5.57 Å². The third-order valence-corrected chi connectivity index (χ3v) is 4.12. The Balaban J connectivity index is 2.67. The zero-order chi connectivity index (χ0) is 14.9. The number of benzene rings is 1. The van der Waals surface area contributed by atoms with Gasteiger partial charge in [-0.25, -0.2) is 0 Å². The number of rotatable bonds is 4. The molecule has 0 N–H and O–H groups in total. The van der Waals surface area contributed by atoms with Crippen LogP contribution in [0.15, 0.2) is 35.6 Å². The van der Waals surface area contributed by atoms with Crippen LogP contribution in [0, 0.1) is 6.92 Å². The van der Waals surface area contributed by atoms with Gasteiger partial charge >= 0.3 is 0 Å². The first kappa shape index (κ1) is 14.5. The Morgan fingerprint density at radius 3 is 2.15 bits per heavy atom.